The lowest BCUT2D eigenvalue weighted by atomic mass is 10.2. The van der Waals surface area contributed by atoms with Crippen molar-refractivity contribution in [2.24, 2.45) is 5.10 Å². The van der Waals surface area contributed by atoms with Crippen molar-refractivity contribution in [2.75, 3.05) is 65.6 Å². The summed E-state index contributed by atoms with van der Waals surface area (Å²) in [6, 6.07) is 16.5. The van der Waals surface area contributed by atoms with Crippen LogP contribution < -0.4 is 29.3 Å². The fourth-order valence-corrected chi connectivity index (χ4v) is 4.49. The van der Waals surface area contributed by atoms with Crippen molar-refractivity contribution in [3.63, 3.8) is 0 Å². The number of piperazine rings is 1. The quantitative estimate of drug-likeness (QED) is 0.255. The first-order valence-electron chi connectivity index (χ1n) is 13.2. The van der Waals surface area contributed by atoms with E-state index in [1.807, 2.05) is 0 Å². The number of nitrogens with one attached hydrogen (secondary N) is 1. The van der Waals surface area contributed by atoms with Crippen LogP contribution in [0.15, 0.2) is 65.8 Å². The molecule has 1 atom stereocenters. The summed E-state index contributed by atoms with van der Waals surface area (Å²) in [7, 11) is 4.57. The van der Waals surface area contributed by atoms with E-state index < -0.39 is 6.10 Å². The molecule has 1 unspecified atom stereocenters. The van der Waals surface area contributed by atoms with Crippen LogP contribution in [0.1, 0.15) is 15.9 Å². The maximum Gasteiger partial charge on any atom is 0.271 e. The van der Waals surface area contributed by atoms with Gasteiger partial charge in [-0.3, -0.25) is 9.69 Å². The zero-order valence-corrected chi connectivity index (χ0v) is 23.4. The number of methoxy groups -OCH3 is 3. The summed E-state index contributed by atoms with van der Waals surface area (Å²) in [5, 5.41) is 14.5. The highest BCUT2D eigenvalue weighted by atomic mass is 19.1. The lowest BCUT2D eigenvalue weighted by molar-refractivity contribution is 0.0663. The molecule has 3 aromatic rings. The van der Waals surface area contributed by atoms with E-state index in [-0.39, 0.29) is 18.3 Å². The van der Waals surface area contributed by atoms with E-state index in [1.165, 1.54) is 39.7 Å². The number of carbonyl (C=O) groups excluding carboxylic acids is 1. The molecular formula is C30H35FN4O6. The first kappa shape index (κ1) is 29.6. The van der Waals surface area contributed by atoms with Crippen LogP contribution in [0.25, 0.3) is 0 Å². The number of nitrogens with zero attached hydrogens (tertiary/aromatic N) is 3. The molecule has 3 aromatic carbocycles. The lowest BCUT2D eigenvalue weighted by Gasteiger charge is -2.36. The second-order valence-electron chi connectivity index (χ2n) is 9.41. The monoisotopic (exact) mass is 566 g/mol. The summed E-state index contributed by atoms with van der Waals surface area (Å²) in [4.78, 5) is 16.9. The average molecular weight is 567 g/mol. The van der Waals surface area contributed by atoms with Crippen molar-refractivity contribution in [1.82, 2.24) is 10.3 Å². The number of β-amino-alcohol motifs (C(OH)–C–C–N with tert-alkyl or cyclic N) is 1. The molecule has 0 saturated carbocycles. The van der Waals surface area contributed by atoms with Crippen molar-refractivity contribution < 1.29 is 33.2 Å². The third-order valence-electron chi connectivity index (χ3n) is 6.66. The van der Waals surface area contributed by atoms with Gasteiger partial charge in [0.1, 0.15) is 24.3 Å². The van der Waals surface area contributed by atoms with Crippen LogP contribution in [0.5, 0.6) is 23.0 Å². The first-order chi connectivity index (χ1) is 19.9. The Hall–Kier alpha value is -4.35. The highest BCUT2D eigenvalue weighted by Crippen LogP contribution is 2.37. The maximum atomic E-state index is 13.2. The first-order valence-corrected chi connectivity index (χ1v) is 13.2. The third-order valence-corrected chi connectivity index (χ3v) is 6.66. The van der Waals surface area contributed by atoms with E-state index in [9.17, 15) is 14.3 Å². The van der Waals surface area contributed by atoms with Crippen LogP contribution in [0.4, 0.5) is 10.1 Å². The van der Waals surface area contributed by atoms with E-state index in [1.54, 1.807) is 48.5 Å². The van der Waals surface area contributed by atoms with Gasteiger partial charge in [-0.15, -0.1) is 0 Å². The van der Waals surface area contributed by atoms with Crippen LogP contribution in [-0.4, -0.2) is 88.9 Å². The number of carbonyl (C=O) groups is 1. The van der Waals surface area contributed by atoms with E-state index in [0.29, 0.717) is 40.7 Å². The SMILES string of the molecule is COc1cc(C=NNC(=O)c2ccc(OCC(O)CN3CCN(c4ccc(F)cc4)CC3)cc2)cc(OC)c1OC. The van der Waals surface area contributed by atoms with Gasteiger partial charge < -0.3 is 29.0 Å². The molecule has 1 saturated heterocycles. The second kappa shape index (κ2) is 14.3. The van der Waals surface area contributed by atoms with Crippen LogP contribution in [0, 0.1) is 5.82 Å². The van der Waals surface area contributed by atoms with Gasteiger partial charge in [-0.25, -0.2) is 9.82 Å². The fourth-order valence-electron chi connectivity index (χ4n) is 4.49. The van der Waals surface area contributed by atoms with E-state index in [0.717, 1.165) is 31.9 Å². The number of hydrogen-bond donors (Lipinski definition) is 2. The molecular weight excluding hydrogens is 531 g/mol. The van der Waals surface area contributed by atoms with Gasteiger partial charge in [0.2, 0.25) is 5.75 Å². The highest BCUT2D eigenvalue weighted by Gasteiger charge is 2.20. The fraction of sp³-hybridized carbons (Fsp3) is 0.333. The molecule has 1 amide bonds. The Balaban J connectivity index is 1.20. The minimum Gasteiger partial charge on any atom is -0.493 e. The van der Waals surface area contributed by atoms with Crippen LogP contribution in [0.2, 0.25) is 0 Å². The van der Waals surface area contributed by atoms with Gasteiger partial charge in [-0.2, -0.15) is 5.10 Å². The Morgan fingerprint density at radius 1 is 0.976 bits per heavy atom. The molecule has 1 aliphatic rings. The number of amides is 1. The van der Waals surface area contributed by atoms with Crippen LogP contribution >= 0.6 is 0 Å². The molecule has 10 nitrogen and oxygen atoms in total. The van der Waals surface area contributed by atoms with Gasteiger partial charge in [0.15, 0.2) is 11.5 Å². The van der Waals surface area contributed by atoms with Gasteiger partial charge in [0.05, 0.1) is 27.5 Å². The molecule has 0 bridgehead atoms. The Bertz CT molecular complexity index is 1290. The summed E-state index contributed by atoms with van der Waals surface area (Å²) >= 11 is 0. The summed E-state index contributed by atoms with van der Waals surface area (Å²) in [6.45, 7) is 3.80. The lowest BCUT2D eigenvalue weighted by Crippen LogP contribution is -2.49. The number of halogens is 1. The number of hydrazone groups is 1. The van der Waals surface area contributed by atoms with Gasteiger partial charge in [-0.05, 0) is 60.7 Å². The molecule has 11 heteroatoms. The third kappa shape index (κ3) is 8.09. The molecule has 4 rings (SSSR count). The predicted octanol–water partition coefficient (Wildman–Crippen LogP) is 3.18. The number of aliphatic hydroxyl groups is 1. The summed E-state index contributed by atoms with van der Waals surface area (Å²) in [5.74, 6) is 1.33. The van der Waals surface area contributed by atoms with Crippen molar-refractivity contribution in [2.45, 2.75) is 6.10 Å². The number of rotatable bonds is 12. The Morgan fingerprint density at radius 2 is 1.61 bits per heavy atom. The maximum absolute atomic E-state index is 13.2. The minimum absolute atomic E-state index is 0.128. The van der Waals surface area contributed by atoms with Crippen LogP contribution in [-0.2, 0) is 0 Å². The molecule has 1 heterocycles. The van der Waals surface area contributed by atoms with E-state index in [2.05, 4.69) is 20.3 Å². The predicted molar refractivity (Wildman–Crippen MR) is 154 cm³/mol. The van der Waals surface area contributed by atoms with Gasteiger partial charge in [0, 0.05) is 49.5 Å². The molecule has 0 aromatic heterocycles. The summed E-state index contributed by atoms with van der Waals surface area (Å²) < 4.78 is 34.9. The van der Waals surface area contributed by atoms with Gasteiger partial charge in [-0.1, -0.05) is 0 Å². The Morgan fingerprint density at radius 3 is 2.20 bits per heavy atom. The topological polar surface area (TPSA) is 105 Å². The molecule has 0 aliphatic carbocycles. The van der Waals surface area contributed by atoms with Gasteiger partial charge in [0.25, 0.3) is 5.91 Å². The summed E-state index contributed by atoms with van der Waals surface area (Å²) in [5.41, 5.74) is 4.54. The molecule has 1 fully saturated rings. The van der Waals surface area contributed by atoms with E-state index >= 15 is 0 Å². The van der Waals surface area contributed by atoms with Crippen molar-refractivity contribution in [1.29, 1.82) is 0 Å². The molecule has 2 N–H and O–H groups in total. The molecule has 0 spiro atoms. The number of hydrogen-bond acceptors (Lipinski definition) is 9. The highest BCUT2D eigenvalue weighted by molar-refractivity contribution is 5.95. The molecule has 41 heavy (non-hydrogen) atoms. The second-order valence-corrected chi connectivity index (χ2v) is 9.41. The van der Waals surface area contributed by atoms with Crippen molar-refractivity contribution in [3.05, 3.63) is 77.6 Å². The summed E-state index contributed by atoms with van der Waals surface area (Å²) in [6.07, 6.45) is 0.809. The van der Waals surface area contributed by atoms with Crippen molar-refractivity contribution in [3.8, 4) is 23.0 Å². The smallest absolute Gasteiger partial charge is 0.271 e. The largest absolute Gasteiger partial charge is 0.493 e. The Labute approximate surface area is 238 Å². The zero-order valence-electron chi connectivity index (χ0n) is 23.4. The number of aliphatic hydroxyl groups excluding tert-OH is 1. The van der Waals surface area contributed by atoms with E-state index in [4.69, 9.17) is 18.9 Å². The standard InChI is InChI=1S/C30H35FN4O6/c1-38-27-16-21(17-28(39-2)29(27)40-3)18-32-33-30(37)22-4-10-26(11-5-22)41-20-25(36)19-34-12-14-35(15-13-34)24-8-6-23(31)7-9-24/h4-11,16-18,25,36H,12-15,19-20H2,1-3H3,(H,33,37). The number of anilines is 1. The van der Waals surface area contributed by atoms with Crippen molar-refractivity contribution >= 4 is 17.8 Å². The average Bonchev–Trinajstić information content (AvgIpc) is 3.00. The normalized spacial score (nSPS) is 14.5. The molecule has 1 aliphatic heterocycles. The van der Waals surface area contributed by atoms with Crippen LogP contribution in [0.3, 0.4) is 0 Å². The number of benzene rings is 3. The molecule has 0 radical (unpaired) electrons. The molecule has 218 valence electrons. The Kier molecular flexibility index (Phi) is 10.4. The minimum atomic E-state index is -0.667. The number of ether oxygens (including phenoxy) is 4. The zero-order chi connectivity index (χ0) is 29.2. The van der Waals surface area contributed by atoms with Gasteiger partial charge >= 0.3 is 0 Å².